The number of nitrogens with zero attached hydrogens (tertiary/aromatic N) is 2. The molecule has 1 saturated heterocycles. The number of halogens is 2. The molecule has 5 rings (SSSR count). The molecular formula is C30H27F2N3O6S. The number of aromatic nitrogens is 1. The standard InChI is InChI=1S/C30H27F2N3O6S/c1-39-26-12-11-24(17-27(26)41-29-5-3-15-40-29)35(19-20-4-2-14-33-18-20)23-9-6-21(7-10-23)30(36)34-42(37,38)28-13-8-22(31)16-25(28)32/h2,4,6-14,16-18,29H,3,5,15,19H2,1H3,(H,34,36). The van der Waals surface area contributed by atoms with Gasteiger partial charge in [-0.25, -0.2) is 21.9 Å². The second kappa shape index (κ2) is 12.5. The lowest BCUT2D eigenvalue weighted by Gasteiger charge is -2.27. The van der Waals surface area contributed by atoms with Crippen molar-refractivity contribution in [3.63, 3.8) is 0 Å². The quantitative estimate of drug-likeness (QED) is 0.262. The number of amides is 1. The Morgan fingerprint density at radius 3 is 2.50 bits per heavy atom. The molecule has 1 N–H and O–H groups in total. The molecule has 1 aliphatic heterocycles. The molecule has 1 unspecified atom stereocenters. The number of carbonyl (C=O) groups is 1. The van der Waals surface area contributed by atoms with Crippen LogP contribution in [0.25, 0.3) is 0 Å². The van der Waals surface area contributed by atoms with E-state index in [1.807, 2.05) is 33.9 Å². The molecule has 1 atom stereocenters. The summed E-state index contributed by atoms with van der Waals surface area (Å²) in [4.78, 5) is 18.1. The Kier molecular flexibility index (Phi) is 8.64. The minimum Gasteiger partial charge on any atom is -0.493 e. The van der Waals surface area contributed by atoms with E-state index in [1.165, 1.54) is 12.1 Å². The number of carbonyl (C=O) groups excluding carboxylic acids is 1. The molecule has 0 spiro atoms. The maximum absolute atomic E-state index is 14.1. The normalized spacial score (nSPS) is 14.8. The molecular weight excluding hydrogens is 568 g/mol. The van der Waals surface area contributed by atoms with E-state index >= 15 is 0 Å². The predicted octanol–water partition coefficient (Wildman–Crippen LogP) is 5.34. The Morgan fingerprint density at radius 1 is 1.05 bits per heavy atom. The van der Waals surface area contributed by atoms with Crippen LogP contribution in [0, 0.1) is 11.6 Å². The van der Waals surface area contributed by atoms with E-state index in [9.17, 15) is 22.0 Å². The fourth-order valence-corrected chi connectivity index (χ4v) is 5.47. The second-order valence-corrected chi connectivity index (χ2v) is 11.1. The first-order valence-corrected chi connectivity index (χ1v) is 14.5. The van der Waals surface area contributed by atoms with Gasteiger partial charge in [0, 0.05) is 54.4 Å². The lowest BCUT2D eigenvalue weighted by Crippen LogP contribution is -2.31. The number of nitrogens with one attached hydrogen (secondary N) is 1. The molecule has 1 aromatic heterocycles. The zero-order valence-corrected chi connectivity index (χ0v) is 23.3. The van der Waals surface area contributed by atoms with Crippen LogP contribution in [0.3, 0.4) is 0 Å². The van der Waals surface area contributed by atoms with Crippen LogP contribution >= 0.6 is 0 Å². The Balaban J connectivity index is 1.42. The highest BCUT2D eigenvalue weighted by molar-refractivity contribution is 7.90. The van der Waals surface area contributed by atoms with Gasteiger partial charge in [0.05, 0.1) is 13.7 Å². The smallest absolute Gasteiger partial charge is 0.267 e. The molecule has 218 valence electrons. The van der Waals surface area contributed by atoms with Crippen molar-refractivity contribution in [2.75, 3.05) is 18.6 Å². The van der Waals surface area contributed by atoms with Gasteiger partial charge < -0.3 is 19.1 Å². The summed E-state index contributed by atoms with van der Waals surface area (Å²) in [5.41, 5.74) is 2.35. The van der Waals surface area contributed by atoms with E-state index in [-0.39, 0.29) is 11.9 Å². The van der Waals surface area contributed by atoms with Gasteiger partial charge in [-0.05, 0) is 66.6 Å². The summed E-state index contributed by atoms with van der Waals surface area (Å²) in [5.74, 6) is -2.17. The summed E-state index contributed by atoms with van der Waals surface area (Å²) in [6, 6.07) is 17.4. The first-order valence-electron chi connectivity index (χ1n) is 13.0. The van der Waals surface area contributed by atoms with Crippen molar-refractivity contribution in [2.24, 2.45) is 0 Å². The highest BCUT2D eigenvalue weighted by atomic mass is 32.2. The Morgan fingerprint density at radius 2 is 1.83 bits per heavy atom. The summed E-state index contributed by atoms with van der Waals surface area (Å²) in [6.45, 7) is 1.03. The van der Waals surface area contributed by atoms with E-state index in [0.717, 1.165) is 36.2 Å². The molecule has 1 amide bonds. The average Bonchev–Trinajstić information content (AvgIpc) is 3.49. The summed E-state index contributed by atoms with van der Waals surface area (Å²) in [6.07, 6.45) is 4.70. The number of hydrogen-bond acceptors (Lipinski definition) is 8. The van der Waals surface area contributed by atoms with Gasteiger partial charge in [0.15, 0.2) is 17.8 Å². The minimum absolute atomic E-state index is 0.0170. The maximum Gasteiger partial charge on any atom is 0.267 e. The first kappa shape index (κ1) is 29.0. The van der Waals surface area contributed by atoms with Crippen molar-refractivity contribution < 1.29 is 36.2 Å². The number of pyridine rings is 1. The number of benzene rings is 3. The van der Waals surface area contributed by atoms with Gasteiger partial charge in [0.2, 0.25) is 0 Å². The average molecular weight is 596 g/mol. The molecule has 1 fully saturated rings. The molecule has 9 nitrogen and oxygen atoms in total. The van der Waals surface area contributed by atoms with Crippen LogP contribution in [-0.2, 0) is 21.3 Å². The third kappa shape index (κ3) is 6.67. The van der Waals surface area contributed by atoms with Gasteiger partial charge in [-0.15, -0.1) is 0 Å². The van der Waals surface area contributed by atoms with Crippen molar-refractivity contribution in [2.45, 2.75) is 30.6 Å². The molecule has 1 aliphatic rings. The topological polar surface area (TPSA) is 107 Å². The lowest BCUT2D eigenvalue weighted by molar-refractivity contribution is -0.0402. The largest absolute Gasteiger partial charge is 0.493 e. The summed E-state index contributed by atoms with van der Waals surface area (Å²) >= 11 is 0. The molecule has 0 saturated carbocycles. The zero-order chi connectivity index (χ0) is 29.7. The van der Waals surface area contributed by atoms with Crippen molar-refractivity contribution in [1.29, 1.82) is 0 Å². The highest BCUT2D eigenvalue weighted by Crippen LogP contribution is 2.37. The second-order valence-electron chi connectivity index (χ2n) is 9.40. The third-order valence-electron chi connectivity index (χ3n) is 6.52. The number of sulfonamides is 1. The molecule has 0 bridgehead atoms. The van der Waals surface area contributed by atoms with Gasteiger partial charge in [-0.2, -0.15) is 0 Å². The van der Waals surface area contributed by atoms with Gasteiger partial charge in [0.25, 0.3) is 15.9 Å². The minimum atomic E-state index is -4.58. The van der Waals surface area contributed by atoms with E-state index in [2.05, 4.69) is 4.98 Å². The van der Waals surface area contributed by atoms with Crippen molar-refractivity contribution >= 4 is 27.3 Å². The summed E-state index contributed by atoms with van der Waals surface area (Å²) < 4.78 is 71.5. The summed E-state index contributed by atoms with van der Waals surface area (Å²) in [7, 11) is -3.03. The van der Waals surface area contributed by atoms with E-state index < -0.39 is 32.5 Å². The predicted molar refractivity (Wildman–Crippen MR) is 150 cm³/mol. The van der Waals surface area contributed by atoms with Crippen LogP contribution in [0.15, 0.2) is 90.1 Å². The fraction of sp³-hybridized carbons (Fsp3) is 0.200. The van der Waals surface area contributed by atoms with Crippen molar-refractivity contribution in [1.82, 2.24) is 9.71 Å². The SMILES string of the molecule is COc1ccc(N(Cc2cccnc2)c2ccc(C(=O)NS(=O)(=O)c3ccc(F)cc3F)cc2)cc1OC1CCCO1. The Hall–Kier alpha value is -4.55. The van der Waals surface area contributed by atoms with Crippen LogP contribution in [0.2, 0.25) is 0 Å². The molecule has 2 heterocycles. The number of ether oxygens (including phenoxy) is 3. The van der Waals surface area contributed by atoms with E-state index in [1.54, 1.807) is 37.7 Å². The van der Waals surface area contributed by atoms with Gasteiger partial charge >= 0.3 is 0 Å². The monoisotopic (exact) mass is 595 g/mol. The van der Waals surface area contributed by atoms with Crippen LogP contribution in [0.5, 0.6) is 11.5 Å². The van der Waals surface area contributed by atoms with Crippen LogP contribution < -0.4 is 19.1 Å². The van der Waals surface area contributed by atoms with E-state index in [0.29, 0.717) is 36.4 Å². The zero-order valence-electron chi connectivity index (χ0n) is 22.5. The van der Waals surface area contributed by atoms with Gasteiger partial charge in [-0.1, -0.05) is 6.07 Å². The van der Waals surface area contributed by atoms with Crippen LogP contribution in [-0.4, -0.2) is 39.3 Å². The lowest BCUT2D eigenvalue weighted by atomic mass is 10.1. The maximum atomic E-state index is 14.1. The summed E-state index contributed by atoms with van der Waals surface area (Å²) in [5, 5.41) is 0. The number of methoxy groups -OCH3 is 1. The molecule has 3 aromatic carbocycles. The van der Waals surface area contributed by atoms with Crippen LogP contribution in [0.1, 0.15) is 28.8 Å². The Bertz CT molecular complexity index is 1660. The number of hydrogen-bond donors (Lipinski definition) is 1. The van der Waals surface area contributed by atoms with Crippen molar-refractivity contribution in [3.8, 4) is 11.5 Å². The molecule has 0 radical (unpaired) electrons. The van der Waals surface area contributed by atoms with Gasteiger partial charge in [-0.3, -0.25) is 9.78 Å². The van der Waals surface area contributed by atoms with Gasteiger partial charge in [0.1, 0.15) is 16.5 Å². The van der Waals surface area contributed by atoms with E-state index in [4.69, 9.17) is 14.2 Å². The molecule has 12 heteroatoms. The van der Waals surface area contributed by atoms with Crippen molar-refractivity contribution in [3.05, 3.63) is 108 Å². The third-order valence-corrected chi connectivity index (χ3v) is 7.88. The fourth-order valence-electron chi connectivity index (χ4n) is 4.44. The Labute approximate surface area is 241 Å². The molecule has 0 aliphatic carbocycles. The first-order chi connectivity index (χ1) is 20.2. The van der Waals surface area contributed by atoms with Crippen LogP contribution in [0.4, 0.5) is 20.2 Å². The number of rotatable bonds is 10. The molecule has 4 aromatic rings. The molecule has 42 heavy (non-hydrogen) atoms. The highest BCUT2D eigenvalue weighted by Gasteiger charge is 2.24. The number of anilines is 2.